The molecule has 122 valence electrons. The van der Waals surface area contributed by atoms with Crippen LogP contribution in [0.3, 0.4) is 0 Å². The number of benzene rings is 1. The second-order valence-corrected chi connectivity index (χ2v) is 6.94. The molecule has 0 fully saturated rings. The predicted molar refractivity (Wildman–Crippen MR) is 91.9 cm³/mol. The predicted octanol–water partition coefficient (Wildman–Crippen LogP) is 3.45. The van der Waals surface area contributed by atoms with Crippen LogP contribution in [0.15, 0.2) is 30.3 Å². The Morgan fingerprint density at radius 3 is 2.65 bits per heavy atom. The van der Waals surface area contributed by atoms with Crippen molar-refractivity contribution in [2.75, 3.05) is 19.4 Å². The summed E-state index contributed by atoms with van der Waals surface area (Å²) in [6, 6.07) is 8.26. The highest BCUT2D eigenvalue weighted by Gasteiger charge is 2.17. The molecule has 1 heterocycles. The van der Waals surface area contributed by atoms with Gasteiger partial charge in [0.05, 0.1) is 27.2 Å². The molecule has 0 saturated heterocycles. The lowest BCUT2D eigenvalue weighted by Crippen LogP contribution is -2.30. The van der Waals surface area contributed by atoms with E-state index < -0.39 is 5.97 Å². The van der Waals surface area contributed by atoms with Gasteiger partial charge in [-0.2, -0.15) is 0 Å². The molecule has 5 nitrogen and oxygen atoms in total. The number of anilines is 1. The summed E-state index contributed by atoms with van der Waals surface area (Å²) in [5, 5.41) is 0.262. The Hall–Kier alpha value is -1.76. The zero-order valence-corrected chi connectivity index (χ0v) is 14.5. The number of hydrogen-bond donors (Lipinski definition) is 1. The average molecular weight is 373 g/mol. The highest BCUT2D eigenvalue weighted by molar-refractivity contribution is 7.16. The largest absolute Gasteiger partial charge is 0.452 e. The highest BCUT2D eigenvalue weighted by atomic mass is 35.5. The van der Waals surface area contributed by atoms with Gasteiger partial charge in [0.1, 0.15) is 0 Å². The molecule has 1 amide bonds. The third-order valence-corrected chi connectivity index (χ3v) is 4.59. The van der Waals surface area contributed by atoms with Gasteiger partial charge < -0.3 is 15.4 Å². The maximum absolute atomic E-state index is 12.0. The number of amides is 1. The van der Waals surface area contributed by atoms with Crippen molar-refractivity contribution < 1.29 is 14.3 Å². The lowest BCUT2D eigenvalue weighted by atomic mass is 10.2. The first kappa shape index (κ1) is 17.6. The van der Waals surface area contributed by atoms with Crippen LogP contribution in [-0.2, 0) is 16.1 Å². The summed E-state index contributed by atoms with van der Waals surface area (Å²) < 4.78 is 5.65. The first-order chi connectivity index (χ1) is 10.9. The maximum atomic E-state index is 12.0. The summed E-state index contributed by atoms with van der Waals surface area (Å²) in [6.07, 6.45) is 0. The molecule has 0 spiro atoms. The van der Waals surface area contributed by atoms with Gasteiger partial charge in [-0.3, -0.25) is 4.79 Å². The molecular formula is C15H14Cl2N2O3S. The van der Waals surface area contributed by atoms with Crippen molar-refractivity contribution in [3.8, 4) is 0 Å². The monoisotopic (exact) mass is 372 g/mol. The van der Waals surface area contributed by atoms with Crippen LogP contribution in [0.25, 0.3) is 0 Å². The first-order valence-electron chi connectivity index (χ1n) is 6.57. The number of esters is 1. The summed E-state index contributed by atoms with van der Waals surface area (Å²) in [4.78, 5) is 26.4. The number of nitrogen functional groups attached to an aromatic ring is 1. The minimum Gasteiger partial charge on any atom is -0.452 e. The molecule has 8 heteroatoms. The standard InChI is InChI=1S/C15H14Cl2N2O3S/c1-19(7-9-5-6-12(17)23-9)13(20)8-22-15(21)10-3-2-4-11(16)14(10)18/h2-6H,7-8,18H2,1H3. The van der Waals surface area contributed by atoms with Gasteiger partial charge in [0, 0.05) is 11.9 Å². The molecule has 2 N–H and O–H groups in total. The van der Waals surface area contributed by atoms with Gasteiger partial charge >= 0.3 is 5.97 Å². The second kappa shape index (κ2) is 7.68. The number of hydrogen-bond acceptors (Lipinski definition) is 5. The molecule has 23 heavy (non-hydrogen) atoms. The minimum atomic E-state index is -0.689. The third-order valence-electron chi connectivity index (χ3n) is 3.05. The van der Waals surface area contributed by atoms with E-state index in [4.69, 9.17) is 33.7 Å². The Labute approximate surface area is 147 Å². The van der Waals surface area contributed by atoms with Gasteiger partial charge in [-0.25, -0.2) is 4.79 Å². The van der Waals surface area contributed by atoms with Gasteiger partial charge in [0.2, 0.25) is 0 Å². The molecule has 0 aliphatic carbocycles. The Kier molecular flexibility index (Phi) is 5.87. The number of para-hydroxylation sites is 1. The first-order valence-corrected chi connectivity index (χ1v) is 8.15. The van der Waals surface area contributed by atoms with Crippen LogP contribution in [0.1, 0.15) is 15.2 Å². The topological polar surface area (TPSA) is 72.6 Å². The quantitative estimate of drug-likeness (QED) is 0.644. The normalized spacial score (nSPS) is 10.4. The van der Waals surface area contributed by atoms with Crippen molar-refractivity contribution in [3.63, 3.8) is 0 Å². The van der Waals surface area contributed by atoms with Crippen LogP contribution in [0.5, 0.6) is 0 Å². The number of rotatable bonds is 5. The van der Waals surface area contributed by atoms with Crippen LogP contribution >= 0.6 is 34.5 Å². The fourth-order valence-corrected chi connectivity index (χ4v) is 3.10. The Balaban J connectivity index is 1.90. The van der Waals surface area contributed by atoms with E-state index in [2.05, 4.69) is 0 Å². The second-order valence-electron chi connectivity index (χ2n) is 4.73. The van der Waals surface area contributed by atoms with Crippen LogP contribution in [0.4, 0.5) is 5.69 Å². The molecule has 2 rings (SSSR count). The van der Waals surface area contributed by atoms with Gasteiger partial charge in [-0.05, 0) is 24.3 Å². The molecule has 1 aromatic carbocycles. The smallest absolute Gasteiger partial charge is 0.340 e. The number of likely N-dealkylation sites (N-methyl/N-ethyl adjacent to an activating group) is 1. The van der Waals surface area contributed by atoms with E-state index in [9.17, 15) is 9.59 Å². The van der Waals surface area contributed by atoms with Gasteiger partial charge in [0.25, 0.3) is 5.91 Å². The zero-order valence-electron chi connectivity index (χ0n) is 12.2. The van der Waals surface area contributed by atoms with Crippen LogP contribution in [0.2, 0.25) is 9.36 Å². The zero-order chi connectivity index (χ0) is 17.0. The van der Waals surface area contributed by atoms with E-state index in [0.717, 1.165) is 4.88 Å². The number of ether oxygens (including phenoxy) is 1. The number of nitrogens with zero attached hydrogens (tertiary/aromatic N) is 1. The number of carbonyl (C=O) groups excluding carboxylic acids is 2. The molecule has 0 atom stereocenters. The van der Waals surface area contributed by atoms with Crippen molar-refractivity contribution >= 4 is 52.1 Å². The molecular weight excluding hydrogens is 359 g/mol. The van der Waals surface area contributed by atoms with Crippen LogP contribution in [0, 0.1) is 0 Å². The SMILES string of the molecule is CN(Cc1ccc(Cl)s1)C(=O)COC(=O)c1cccc(Cl)c1N. The van der Waals surface area contributed by atoms with Crippen molar-refractivity contribution in [3.05, 3.63) is 50.1 Å². The summed E-state index contributed by atoms with van der Waals surface area (Å²) >= 11 is 13.1. The average Bonchev–Trinajstić information content (AvgIpc) is 2.92. The van der Waals surface area contributed by atoms with Crippen molar-refractivity contribution in [1.29, 1.82) is 0 Å². The number of nitrogens with two attached hydrogens (primary N) is 1. The fraction of sp³-hybridized carbons (Fsp3) is 0.200. The number of thiophene rings is 1. The summed E-state index contributed by atoms with van der Waals surface area (Å²) in [5.41, 5.74) is 5.98. The molecule has 0 saturated carbocycles. The van der Waals surface area contributed by atoms with E-state index >= 15 is 0 Å². The van der Waals surface area contributed by atoms with Crippen LogP contribution < -0.4 is 5.73 Å². The lowest BCUT2D eigenvalue weighted by Gasteiger charge is -2.16. The summed E-state index contributed by atoms with van der Waals surface area (Å²) in [5.74, 6) is -1.02. The van der Waals surface area contributed by atoms with Crippen molar-refractivity contribution in [2.45, 2.75) is 6.54 Å². The lowest BCUT2D eigenvalue weighted by molar-refractivity contribution is -0.133. The van der Waals surface area contributed by atoms with E-state index in [-0.39, 0.29) is 28.8 Å². The van der Waals surface area contributed by atoms with Crippen molar-refractivity contribution in [2.24, 2.45) is 0 Å². The minimum absolute atomic E-state index is 0.133. The highest BCUT2D eigenvalue weighted by Crippen LogP contribution is 2.23. The summed E-state index contributed by atoms with van der Waals surface area (Å²) in [7, 11) is 1.62. The van der Waals surface area contributed by atoms with E-state index in [1.807, 2.05) is 6.07 Å². The molecule has 0 aliphatic rings. The third kappa shape index (κ3) is 4.60. The van der Waals surface area contributed by atoms with Gasteiger partial charge in [-0.15, -0.1) is 11.3 Å². The van der Waals surface area contributed by atoms with Crippen molar-refractivity contribution in [1.82, 2.24) is 4.90 Å². The van der Waals surface area contributed by atoms with E-state index in [1.165, 1.54) is 22.3 Å². The van der Waals surface area contributed by atoms with Gasteiger partial charge in [0.15, 0.2) is 6.61 Å². The Morgan fingerprint density at radius 1 is 1.26 bits per heavy atom. The molecule has 2 aromatic rings. The molecule has 0 unspecified atom stereocenters. The fourth-order valence-electron chi connectivity index (χ4n) is 1.79. The maximum Gasteiger partial charge on any atom is 0.340 e. The number of halogens is 2. The Morgan fingerprint density at radius 2 is 2.00 bits per heavy atom. The van der Waals surface area contributed by atoms with Gasteiger partial charge in [-0.1, -0.05) is 29.3 Å². The number of carbonyl (C=O) groups is 2. The Bertz CT molecular complexity index is 733. The van der Waals surface area contributed by atoms with E-state index in [0.29, 0.717) is 10.9 Å². The molecule has 0 aliphatic heterocycles. The molecule has 1 aromatic heterocycles. The summed E-state index contributed by atoms with van der Waals surface area (Å²) in [6.45, 7) is 0.0213. The van der Waals surface area contributed by atoms with E-state index in [1.54, 1.807) is 25.2 Å². The van der Waals surface area contributed by atoms with Crippen LogP contribution in [-0.4, -0.2) is 30.4 Å². The molecule has 0 bridgehead atoms. The molecule has 0 radical (unpaired) electrons.